The van der Waals surface area contributed by atoms with E-state index < -0.39 is 5.91 Å². The summed E-state index contributed by atoms with van der Waals surface area (Å²) in [5.74, 6) is 0.301. The molecule has 0 unspecified atom stereocenters. The van der Waals surface area contributed by atoms with Gasteiger partial charge in [-0.25, -0.2) is 0 Å². The summed E-state index contributed by atoms with van der Waals surface area (Å²) in [4.78, 5) is 13.6. The molecule has 1 fully saturated rings. The fourth-order valence-corrected chi connectivity index (χ4v) is 3.01. The maximum Gasteiger partial charge on any atom is 0.248 e. The van der Waals surface area contributed by atoms with Crippen LogP contribution in [0.25, 0.3) is 0 Å². The Hall–Kier alpha value is -1.10. The van der Waals surface area contributed by atoms with Gasteiger partial charge in [-0.2, -0.15) is 0 Å². The van der Waals surface area contributed by atoms with Gasteiger partial charge >= 0.3 is 0 Å². The minimum absolute atomic E-state index is 0.445. The van der Waals surface area contributed by atoms with E-state index in [0.29, 0.717) is 10.6 Å². The van der Waals surface area contributed by atoms with Crippen molar-refractivity contribution in [3.05, 3.63) is 34.3 Å². The zero-order valence-corrected chi connectivity index (χ0v) is 13.3. The maximum atomic E-state index is 11.1. The van der Waals surface area contributed by atoms with E-state index >= 15 is 0 Å². The molecule has 5 heteroatoms. The molecule has 0 aliphatic carbocycles. The molecule has 1 aromatic carbocycles. The third kappa shape index (κ3) is 4.70. The molecule has 1 saturated heterocycles. The second-order valence-corrected chi connectivity index (χ2v) is 6.09. The highest BCUT2D eigenvalue weighted by atomic mass is 35.5. The minimum atomic E-state index is -0.445. The van der Waals surface area contributed by atoms with Crippen LogP contribution in [0.4, 0.5) is 0 Å². The topological polar surface area (TPSA) is 58.4 Å². The second kappa shape index (κ2) is 7.78. The molecule has 1 aliphatic heterocycles. The highest BCUT2D eigenvalue weighted by Gasteiger charge is 2.17. The first-order valence-electron chi connectivity index (χ1n) is 7.61. The van der Waals surface area contributed by atoms with E-state index in [1.54, 1.807) is 12.1 Å². The van der Waals surface area contributed by atoms with Gasteiger partial charge in [-0.1, -0.05) is 24.6 Å². The Balaban J connectivity index is 1.77. The zero-order valence-electron chi connectivity index (χ0n) is 12.6. The lowest BCUT2D eigenvalue weighted by atomic mass is 9.97. The largest absolute Gasteiger partial charge is 0.366 e. The first-order valence-corrected chi connectivity index (χ1v) is 7.99. The molecule has 1 aromatic rings. The molecule has 0 aromatic heterocycles. The van der Waals surface area contributed by atoms with Gasteiger partial charge in [0.1, 0.15) is 0 Å². The van der Waals surface area contributed by atoms with E-state index in [1.807, 2.05) is 6.07 Å². The number of primary amides is 1. The van der Waals surface area contributed by atoms with Crippen molar-refractivity contribution in [3.63, 3.8) is 0 Å². The number of carbonyl (C=O) groups excluding carboxylic acids is 1. The van der Waals surface area contributed by atoms with Crippen LogP contribution in [0.2, 0.25) is 5.02 Å². The molecule has 0 spiro atoms. The number of hydrogen-bond acceptors (Lipinski definition) is 3. The summed E-state index contributed by atoms with van der Waals surface area (Å²) in [6.07, 6.45) is 2.52. The van der Waals surface area contributed by atoms with Crippen LogP contribution in [-0.2, 0) is 6.54 Å². The van der Waals surface area contributed by atoms with E-state index in [-0.39, 0.29) is 0 Å². The summed E-state index contributed by atoms with van der Waals surface area (Å²) < 4.78 is 0. The Bertz CT molecular complexity index is 484. The van der Waals surface area contributed by atoms with E-state index in [4.69, 9.17) is 17.3 Å². The quantitative estimate of drug-likeness (QED) is 0.847. The monoisotopic (exact) mass is 309 g/mol. The molecule has 3 N–H and O–H groups in total. The molecule has 0 atom stereocenters. The number of carbonyl (C=O) groups is 1. The lowest BCUT2D eigenvalue weighted by Crippen LogP contribution is -2.36. The van der Waals surface area contributed by atoms with Crippen molar-refractivity contribution in [2.75, 3.05) is 26.2 Å². The Labute approximate surface area is 131 Å². The average Bonchev–Trinajstić information content (AvgIpc) is 2.49. The molecule has 1 heterocycles. The average molecular weight is 310 g/mol. The summed E-state index contributed by atoms with van der Waals surface area (Å²) in [6.45, 7) is 7.53. The van der Waals surface area contributed by atoms with Crippen molar-refractivity contribution in [2.45, 2.75) is 26.3 Å². The minimum Gasteiger partial charge on any atom is -0.366 e. The third-order valence-electron chi connectivity index (χ3n) is 4.24. The van der Waals surface area contributed by atoms with Crippen molar-refractivity contribution in [2.24, 2.45) is 11.7 Å². The van der Waals surface area contributed by atoms with Crippen molar-refractivity contribution < 1.29 is 4.79 Å². The molecule has 1 aliphatic rings. The number of nitrogens with zero attached hydrogens (tertiary/aromatic N) is 1. The van der Waals surface area contributed by atoms with Gasteiger partial charge in [0.05, 0.1) is 0 Å². The predicted octanol–water partition coefficient (Wildman–Crippen LogP) is 2.26. The second-order valence-electron chi connectivity index (χ2n) is 5.68. The van der Waals surface area contributed by atoms with Crippen LogP contribution in [-0.4, -0.2) is 37.0 Å². The van der Waals surface area contributed by atoms with Gasteiger partial charge < -0.3 is 16.0 Å². The number of piperidine rings is 1. The van der Waals surface area contributed by atoms with E-state index in [1.165, 1.54) is 25.9 Å². The Morgan fingerprint density at radius 2 is 2.14 bits per heavy atom. The fraction of sp³-hybridized carbons (Fsp3) is 0.562. The SMILES string of the molecule is CCN1CCC(CNCc2ccc(C(N)=O)cc2Cl)CC1. The van der Waals surface area contributed by atoms with Gasteiger partial charge in [-0.15, -0.1) is 0 Å². The molecule has 1 amide bonds. The predicted molar refractivity (Wildman–Crippen MR) is 86.5 cm³/mol. The summed E-state index contributed by atoms with van der Waals surface area (Å²) in [5.41, 5.74) is 6.70. The van der Waals surface area contributed by atoms with E-state index in [0.717, 1.165) is 31.1 Å². The van der Waals surface area contributed by atoms with Crippen LogP contribution in [0, 0.1) is 5.92 Å². The molecular formula is C16H24ClN3O. The highest BCUT2D eigenvalue weighted by molar-refractivity contribution is 6.31. The molecule has 0 bridgehead atoms. The Kier molecular flexibility index (Phi) is 6.03. The lowest BCUT2D eigenvalue weighted by molar-refractivity contribution is 0.100. The number of rotatable bonds is 6. The molecule has 2 rings (SSSR count). The number of benzene rings is 1. The van der Waals surface area contributed by atoms with Crippen molar-refractivity contribution in [1.29, 1.82) is 0 Å². The first kappa shape index (κ1) is 16.3. The van der Waals surface area contributed by atoms with Gasteiger partial charge in [0.15, 0.2) is 0 Å². The standard InChI is InChI=1S/C16H24ClN3O/c1-2-20-7-5-12(6-8-20)10-19-11-14-4-3-13(16(18)21)9-15(14)17/h3-4,9,12,19H,2,5-8,10-11H2,1H3,(H2,18,21). The van der Waals surface area contributed by atoms with Gasteiger partial charge in [0, 0.05) is 17.1 Å². The van der Waals surface area contributed by atoms with Crippen LogP contribution in [0.3, 0.4) is 0 Å². The van der Waals surface area contributed by atoms with Gasteiger partial charge in [-0.3, -0.25) is 4.79 Å². The number of nitrogens with two attached hydrogens (primary N) is 1. The van der Waals surface area contributed by atoms with Gasteiger partial charge in [0.2, 0.25) is 5.91 Å². The highest BCUT2D eigenvalue weighted by Crippen LogP contribution is 2.19. The molecular weight excluding hydrogens is 286 g/mol. The number of hydrogen-bond donors (Lipinski definition) is 2. The summed E-state index contributed by atoms with van der Waals surface area (Å²) in [5, 5.41) is 4.07. The molecule has 4 nitrogen and oxygen atoms in total. The fourth-order valence-electron chi connectivity index (χ4n) is 2.76. The lowest BCUT2D eigenvalue weighted by Gasteiger charge is -2.31. The summed E-state index contributed by atoms with van der Waals surface area (Å²) in [7, 11) is 0. The van der Waals surface area contributed by atoms with Crippen LogP contribution >= 0.6 is 11.6 Å². The Morgan fingerprint density at radius 1 is 1.43 bits per heavy atom. The van der Waals surface area contributed by atoms with Crippen molar-refractivity contribution in [1.82, 2.24) is 10.2 Å². The third-order valence-corrected chi connectivity index (χ3v) is 4.59. The van der Waals surface area contributed by atoms with E-state index in [2.05, 4.69) is 17.1 Å². The number of nitrogens with one attached hydrogen (secondary N) is 1. The van der Waals surface area contributed by atoms with Crippen LogP contribution in [0.1, 0.15) is 35.7 Å². The van der Waals surface area contributed by atoms with Crippen LogP contribution in [0.5, 0.6) is 0 Å². The smallest absolute Gasteiger partial charge is 0.248 e. The van der Waals surface area contributed by atoms with Gasteiger partial charge in [-0.05, 0) is 62.6 Å². The van der Waals surface area contributed by atoms with E-state index in [9.17, 15) is 4.79 Å². The van der Waals surface area contributed by atoms with Crippen LogP contribution < -0.4 is 11.1 Å². The Morgan fingerprint density at radius 3 is 2.71 bits per heavy atom. The number of likely N-dealkylation sites (tertiary alicyclic amines) is 1. The zero-order chi connectivity index (χ0) is 15.2. The van der Waals surface area contributed by atoms with Gasteiger partial charge in [0.25, 0.3) is 0 Å². The molecule has 116 valence electrons. The number of halogens is 1. The summed E-state index contributed by atoms with van der Waals surface area (Å²) in [6, 6.07) is 5.24. The number of amides is 1. The summed E-state index contributed by atoms with van der Waals surface area (Å²) >= 11 is 6.18. The van der Waals surface area contributed by atoms with Crippen LogP contribution in [0.15, 0.2) is 18.2 Å². The van der Waals surface area contributed by atoms with Crippen molar-refractivity contribution in [3.8, 4) is 0 Å². The molecule has 21 heavy (non-hydrogen) atoms. The molecule has 0 saturated carbocycles. The maximum absolute atomic E-state index is 11.1. The van der Waals surface area contributed by atoms with Crippen molar-refractivity contribution >= 4 is 17.5 Å². The first-order chi connectivity index (χ1) is 10.1. The molecule has 0 radical (unpaired) electrons. The normalized spacial score (nSPS) is 17.0.